The molecule has 16 heavy (non-hydrogen) atoms. The summed E-state index contributed by atoms with van der Waals surface area (Å²) < 4.78 is 12.9. The van der Waals surface area contributed by atoms with Crippen molar-refractivity contribution in [1.82, 2.24) is 9.78 Å². The fourth-order valence-corrected chi connectivity index (χ4v) is 1.90. The number of nitrogens with two attached hydrogens (primary N) is 1. The summed E-state index contributed by atoms with van der Waals surface area (Å²) in [5, 5.41) is 4.22. The van der Waals surface area contributed by atoms with Crippen molar-refractivity contribution < 1.29 is 9.47 Å². The summed E-state index contributed by atoms with van der Waals surface area (Å²) >= 11 is 0. The number of hydrogen-bond donors (Lipinski definition) is 1. The standard InChI is InChI=1S/C11H19N3O2/c1-7(2)14-6-8(5-13-14)16-10-4-9(12)11(10)15-3/h5-7,9-11H,4,12H2,1-3H3. The summed E-state index contributed by atoms with van der Waals surface area (Å²) in [7, 11) is 1.66. The zero-order chi connectivity index (χ0) is 11.7. The van der Waals surface area contributed by atoms with Gasteiger partial charge in [-0.2, -0.15) is 5.10 Å². The molecule has 1 aliphatic carbocycles. The topological polar surface area (TPSA) is 62.3 Å². The highest BCUT2D eigenvalue weighted by atomic mass is 16.5. The van der Waals surface area contributed by atoms with E-state index in [0.717, 1.165) is 12.2 Å². The van der Waals surface area contributed by atoms with Crippen molar-refractivity contribution in [2.75, 3.05) is 7.11 Å². The Morgan fingerprint density at radius 1 is 1.56 bits per heavy atom. The SMILES string of the molecule is COC1C(N)CC1Oc1cnn(C(C)C)c1. The predicted molar refractivity (Wildman–Crippen MR) is 60.4 cm³/mol. The normalized spacial score (nSPS) is 29.2. The van der Waals surface area contributed by atoms with Crippen molar-refractivity contribution in [3.8, 4) is 5.75 Å². The third-order valence-electron chi connectivity index (χ3n) is 2.96. The van der Waals surface area contributed by atoms with Crippen molar-refractivity contribution >= 4 is 0 Å². The molecule has 3 atom stereocenters. The van der Waals surface area contributed by atoms with E-state index in [-0.39, 0.29) is 18.2 Å². The van der Waals surface area contributed by atoms with E-state index in [4.69, 9.17) is 15.2 Å². The zero-order valence-electron chi connectivity index (χ0n) is 9.96. The fraction of sp³-hybridized carbons (Fsp3) is 0.727. The molecule has 5 nitrogen and oxygen atoms in total. The molecule has 3 unspecified atom stereocenters. The van der Waals surface area contributed by atoms with E-state index in [9.17, 15) is 0 Å². The molecular weight excluding hydrogens is 206 g/mol. The molecule has 0 amide bonds. The summed E-state index contributed by atoms with van der Waals surface area (Å²) in [5.74, 6) is 0.785. The first-order chi connectivity index (χ1) is 7.61. The summed E-state index contributed by atoms with van der Waals surface area (Å²) in [6, 6.07) is 0.439. The van der Waals surface area contributed by atoms with E-state index in [0.29, 0.717) is 6.04 Å². The van der Waals surface area contributed by atoms with Crippen LogP contribution in [0.2, 0.25) is 0 Å². The molecule has 0 radical (unpaired) electrons. The molecule has 0 aromatic carbocycles. The van der Waals surface area contributed by atoms with Gasteiger partial charge in [-0.05, 0) is 13.8 Å². The number of rotatable bonds is 4. The van der Waals surface area contributed by atoms with Crippen LogP contribution in [0.25, 0.3) is 0 Å². The van der Waals surface area contributed by atoms with Gasteiger partial charge in [-0.3, -0.25) is 4.68 Å². The van der Waals surface area contributed by atoms with Gasteiger partial charge in [0.05, 0.1) is 12.4 Å². The summed E-state index contributed by atoms with van der Waals surface area (Å²) in [5.41, 5.74) is 5.80. The van der Waals surface area contributed by atoms with Gasteiger partial charge in [-0.15, -0.1) is 0 Å². The van der Waals surface area contributed by atoms with E-state index >= 15 is 0 Å². The summed E-state index contributed by atoms with van der Waals surface area (Å²) in [4.78, 5) is 0. The van der Waals surface area contributed by atoms with Crippen LogP contribution in [0.1, 0.15) is 26.3 Å². The number of ether oxygens (including phenoxy) is 2. The van der Waals surface area contributed by atoms with Gasteiger partial charge in [0.2, 0.25) is 0 Å². The molecule has 1 aromatic rings. The van der Waals surface area contributed by atoms with Crippen LogP contribution in [-0.4, -0.2) is 35.1 Å². The molecule has 0 spiro atoms. The van der Waals surface area contributed by atoms with Crippen molar-refractivity contribution in [3.05, 3.63) is 12.4 Å². The second-order valence-corrected chi connectivity index (χ2v) is 4.51. The monoisotopic (exact) mass is 225 g/mol. The van der Waals surface area contributed by atoms with Crippen LogP contribution in [0.4, 0.5) is 0 Å². The zero-order valence-corrected chi connectivity index (χ0v) is 9.96. The smallest absolute Gasteiger partial charge is 0.157 e. The average Bonchev–Trinajstić information content (AvgIpc) is 2.66. The van der Waals surface area contributed by atoms with Gasteiger partial charge in [0, 0.05) is 25.6 Å². The minimum Gasteiger partial charge on any atom is -0.484 e. The molecule has 1 fully saturated rings. The molecule has 5 heteroatoms. The Labute approximate surface area is 95.5 Å². The minimum atomic E-state index is 0.00222. The lowest BCUT2D eigenvalue weighted by molar-refractivity contribution is -0.0782. The fourth-order valence-electron chi connectivity index (χ4n) is 1.90. The molecule has 1 saturated carbocycles. The second kappa shape index (κ2) is 4.43. The van der Waals surface area contributed by atoms with Crippen molar-refractivity contribution in [2.45, 2.75) is 44.6 Å². The number of nitrogens with zero attached hydrogens (tertiary/aromatic N) is 2. The van der Waals surface area contributed by atoms with Crippen molar-refractivity contribution in [1.29, 1.82) is 0 Å². The summed E-state index contributed by atoms with van der Waals surface area (Å²) in [6.45, 7) is 4.15. The van der Waals surface area contributed by atoms with Crippen LogP contribution < -0.4 is 10.5 Å². The quantitative estimate of drug-likeness (QED) is 0.829. The maximum Gasteiger partial charge on any atom is 0.157 e. The highest BCUT2D eigenvalue weighted by molar-refractivity contribution is 5.14. The van der Waals surface area contributed by atoms with Crippen LogP contribution in [0.5, 0.6) is 5.75 Å². The first-order valence-electron chi connectivity index (χ1n) is 5.61. The Kier molecular flexibility index (Phi) is 3.16. The van der Waals surface area contributed by atoms with Gasteiger partial charge in [-0.25, -0.2) is 0 Å². The lowest BCUT2D eigenvalue weighted by atomic mass is 9.86. The number of aromatic nitrogens is 2. The van der Waals surface area contributed by atoms with Crippen molar-refractivity contribution in [3.63, 3.8) is 0 Å². The van der Waals surface area contributed by atoms with Crippen LogP contribution in [0.15, 0.2) is 12.4 Å². The first kappa shape index (κ1) is 11.4. The highest BCUT2D eigenvalue weighted by Crippen LogP contribution is 2.27. The number of hydrogen-bond acceptors (Lipinski definition) is 4. The Morgan fingerprint density at radius 2 is 2.31 bits per heavy atom. The molecule has 1 aromatic heterocycles. The molecule has 0 bridgehead atoms. The van der Waals surface area contributed by atoms with Gasteiger partial charge >= 0.3 is 0 Å². The maximum atomic E-state index is 5.80. The molecule has 1 aliphatic rings. The van der Waals surface area contributed by atoms with Crippen LogP contribution in [0, 0.1) is 0 Å². The van der Waals surface area contributed by atoms with Crippen molar-refractivity contribution in [2.24, 2.45) is 5.73 Å². The number of methoxy groups -OCH3 is 1. The largest absolute Gasteiger partial charge is 0.484 e. The Balaban J connectivity index is 1.94. The van der Waals surface area contributed by atoms with Crippen LogP contribution >= 0.6 is 0 Å². The predicted octanol–water partition coefficient (Wildman–Crippen LogP) is 0.957. The molecule has 2 N–H and O–H groups in total. The van der Waals surface area contributed by atoms with Gasteiger partial charge in [0.25, 0.3) is 0 Å². The Hall–Kier alpha value is -1.07. The van der Waals surface area contributed by atoms with E-state index in [1.807, 2.05) is 10.9 Å². The van der Waals surface area contributed by atoms with E-state index in [1.54, 1.807) is 13.3 Å². The average molecular weight is 225 g/mol. The van der Waals surface area contributed by atoms with Gasteiger partial charge in [-0.1, -0.05) is 0 Å². The Bertz CT molecular complexity index is 351. The van der Waals surface area contributed by atoms with Crippen LogP contribution in [0.3, 0.4) is 0 Å². The molecule has 2 rings (SSSR count). The maximum absolute atomic E-state index is 5.80. The molecule has 1 heterocycles. The second-order valence-electron chi connectivity index (χ2n) is 4.51. The lowest BCUT2D eigenvalue weighted by Gasteiger charge is -2.40. The van der Waals surface area contributed by atoms with Gasteiger partial charge < -0.3 is 15.2 Å². The minimum absolute atomic E-state index is 0.00222. The van der Waals surface area contributed by atoms with E-state index in [2.05, 4.69) is 18.9 Å². The molecular formula is C11H19N3O2. The Morgan fingerprint density at radius 3 is 2.81 bits per heavy atom. The van der Waals surface area contributed by atoms with Gasteiger partial charge in [0.1, 0.15) is 12.2 Å². The summed E-state index contributed by atoms with van der Waals surface area (Å²) in [6.07, 6.45) is 4.54. The third kappa shape index (κ3) is 2.05. The van der Waals surface area contributed by atoms with E-state index < -0.39 is 0 Å². The lowest BCUT2D eigenvalue weighted by Crippen LogP contribution is -2.59. The molecule has 90 valence electrons. The van der Waals surface area contributed by atoms with Crippen LogP contribution in [-0.2, 0) is 4.74 Å². The van der Waals surface area contributed by atoms with E-state index in [1.165, 1.54) is 0 Å². The highest BCUT2D eigenvalue weighted by Gasteiger charge is 2.41. The first-order valence-corrected chi connectivity index (χ1v) is 5.61. The van der Waals surface area contributed by atoms with Gasteiger partial charge in [0.15, 0.2) is 5.75 Å². The molecule has 0 aliphatic heterocycles. The third-order valence-corrected chi connectivity index (χ3v) is 2.96. The molecule has 0 saturated heterocycles.